The Balaban J connectivity index is 1.73. The number of rotatable bonds is 6. The smallest absolute Gasteiger partial charge is 0.258 e. The number of nitrogens with one attached hydrogen (secondary N) is 1. The molecule has 0 saturated carbocycles. The normalized spacial score (nSPS) is 11.0. The van der Waals surface area contributed by atoms with E-state index < -0.39 is 0 Å². The van der Waals surface area contributed by atoms with Gasteiger partial charge in [-0.15, -0.1) is 11.3 Å². The molecule has 0 saturated heterocycles. The minimum Gasteiger partial charge on any atom is -0.351 e. The van der Waals surface area contributed by atoms with Gasteiger partial charge in [0.1, 0.15) is 0 Å². The Hall–Kier alpha value is -2.47. The molecule has 25 heavy (non-hydrogen) atoms. The van der Waals surface area contributed by atoms with E-state index in [4.69, 9.17) is 4.52 Å². The summed E-state index contributed by atoms with van der Waals surface area (Å²) in [5.41, 5.74) is 2.19. The first-order valence-corrected chi connectivity index (χ1v) is 9.18. The number of nitrogens with zero attached hydrogens (tertiary/aromatic N) is 2. The van der Waals surface area contributed by atoms with Crippen molar-refractivity contribution >= 4 is 17.2 Å². The summed E-state index contributed by atoms with van der Waals surface area (Å²) in [4.78, 5) is 17.8. The van der Waals surface area contributed by atoms with Crippen molar-refractivity contribution in [1.82, 2.24) is 15.5 Å². The zero-order valence-corrected chi connectivity index (χ0v) is 15.4. The Morgan fingerprint density at radius 2 is 1.96 bits per heavy atom. The SMILES string of the molecule is CCC(=O)NCc1ccc(-c2noc(-c3ccc(C(C)C)cc3)n2)s1. The fraction of sp³-hybridized carbons (Fsp3) is 0.316. The number of thiophene rings is 1. The van der Waals surface area contributed by atoms with E-state index in [1.54, 1.807) is 11.3 Å². The van der Waals surface area contributed by atoms with E-state index in [1.165, 1.54) is 5.56 Å². The lowest BCUT2D eigenvalue weighted by molar-refractivity contribution is -0.120. The van der Waals surface area contributed by atoms with Gasteiger partial charge in [-0.25, -0.2) is 0 Å². The molecule has 0 radical (unpaired) electrons. The van der Waals surface area contributed by atoms with Crippen molar-refractivity contribution in [1.29, 1.82) is 0 Å². The van der Waals surface area contributed by atoms with Crippen LogP contribution in [0.2, 0.25) is 0 Å². The van der Waals surface area contributed by atoms with Gasteiger partial charge >= 0.3 is 0 Å². The lowest BCUT2D eigenvalue weighted by atomic mass is 10.0. The van der Waals surface area contributed by atoms with Crippen LogP contribution in [0.5, 0.6) is 0 Å². The number of amides is 1. The minimum atomic E-state index is 0.0432. The number of hydrogen-bond acceptors (Lipinski definition) is 5. The van der Waals surface area contributed by atoms with E-state index in [2.05, 4.69) is 41.4 Å². The van der Waals surface area contributed by atoms with Gasteiger partial charge in [0.05, 0.1) is 11.4 Å². The van der Waals surface area contributed by atoms with Crippen LogP contribution in [-0.2, 0) is 11.3 Å². The third-order valence-electron chi connectivity index (χ3n) is 3.91. The maximum absolute atomic E-state index is 11.3. The van der Waals surface area contributed by atoms with Crippen LogP contribution in [0.1, 0.15) is 43.6 Å². The first-order valence-electron chi connectivity index (χ1n) is 8.36. The molecule has 0 atom stereocenters. The molecule has 0 bridgehead atoms. The quantitative estimate of drug-likeness (QED) is 0.701. The molecule has 0 fully saturated rings. The molecule has 0 spiro atoms. The Morgan fingerprint density at radius 3 is 2.64 bits per heavy atom. The van der Waals surface area contributed by atoms with Gasteiger partial charge in [-0.2, -0.15) is 4.98 Å². The van der Waals surface area contributed by atoms with Gasteiger partial charge in [-0.3, -0.25) is 4.79 Å². The largest absolute Gasteiger partial charge is 0.351 e. The average Bonchev–Trinajstić information content (AvgIpc) is 3.29. The summed E-state index contributed by atoms with van der Waals surface area (Å²) < 4.78 is 5.41. The molecule has 1 amide bonds. The Kier molecular flexibility index (Phi) is 5.28. The van der Waals surface area contributed by atoms with E-state index in [9.17, 15) is 4.79 Å². The minimum absolute atomic E-state index is 0.0432. The molecule has 3 rings (SSSR count). The lowest BCUT2D eigenvalue weighted by Crippen LogP contribution is -2.20. The second-order valence-electron chi connectivity index (χ2n) is 6.10. The van der Waals surface area contributed by atoms with Crippen LogP contribution in [0.15, 0.2) is 40.9 Å². The van der Waals surface area contributed by atoms with Gasteiger partial charge in [0.15, 0.2) is 0 Å². The van der Waals surface area contributed by atoms with Crippen LogP contribution in [0.4, 0.5) is 0 Å². The summed E-state index contributed by atoms with van der Waals surface area (Å²) in [5, 5.41) is 6.95. The third-order valence-corrected chi connectivity index (χ3v) is 4.99. The molecule has 5 nitrogen and oxygen atoms in total. The van der Waals surface area contributed by atoms with E-state index in [0.29, 0.717) is 30.6 Å². The molecule has 0 unspecified atom stereocenters. The molecule has 6 heteroatoms. The predicted octanol–water partition coefficient (Wildman–Crippen LogP) is 4.61. The number of benzene rings is 1. The zero-order valence-electron chi connectivity index (χ0n) is 14.6. The van der Waals surface area contributed by atoms with E-state index in [0.717, 1.165) is 15.3 Å². The summed E-state index contributed by atoms with van der Waals surface area (Å²) in [6, 6.07) is 12.1. The predicted molar refractivity (Wildman–Crippen MR) is 99.3 cm³/mol. The van der Waals surface area contributed by atoms with Crippen molar-refractivity contribution in [3.8, 4) is 22.2 Å². The van der Waals surface area contributed by atoms with Gasteiger partial charge in [0.2, 0.25) is 11.7 Å². The Labute approximate surface area is 151 Å². The zero-order chi connectivity index (χ0) is 17.8. The molecule has 130 valence electrons. The van der Waals surface area contributed by atoms with E-state index in [1.807, 2.05) is 31.2 Å². The summed E-state index contributed by atoms with van der Waals surface area (Å²) in [7, 11) is 0. The molecule has 0 aliphatic heterocycles. The first-order chi connectivity index (χ1) is 12.1. The van der Waals surface area contributed by atoms with Crippen LogP contribution in [0.3, 0.4) is 0 Å². The fourth-order valence-electron chi connectivity index (χ4n) is 2.36. The number of carbonyl (C=O) groups excluding carboxylic acids is 1. The molecule has 2 aromatic heterocycles. The topological polar surface area (TPSA) is 68.0 Å². The Morgan fingerprint density at radius 1 is 1.20 bits per heavy atom. The van der Waals surface area contributed by atoms with Crippen LogP contribution in [0, 0.1) is 0 Å². The van der Waals surface area contributed by atoms with Crippen LogP contribution in [0.25, 0.3) is 22.2 Å². The lowest BCUT2D eigenvalue weighted by Gasteiger charge is -2.04. The van der Waals surface area contributed by atoms with Crippen molar-refractivity contribution in [2.24, 2.45) is 0 Å². The third kappa shape index (κ3) is 4.14. The van der Waals surface area contributed by atoms with Crippen molar-refractivity contribution < 1.29 is 9.32 Å². The van der Waals surface area contributed by atoms with Crippen molar-refractivity contribution in [3.63, 3.8) is 0 Å². The van der Waals surface area contributed by atoms with Gasteiger partial charge in [0.25, 0.3) is 5.89 Å². The summed E-state index contributed by atoms with van der Waals surface area (Å²) in [6.07, 6.45) is 0.488. The van der Waals surface area contributed by atoms with Crippen LogP contribution >= 0.6 is 11.3 Å². The highest BCUT2D eigenvalue weighted by molar-refractivity contribution is 7.15. The second kappa shape index (κ2) is 7.61. The highest BCUT2D eigenvalue weighted by Gasteiger charge is 2.13. The maximum atomic E-state index is 11.3. The number of aromatic nitrogens is 2. The molecule has 0 aliphatic carbocycles. The Bertz CT molecular complexity index is 850. The molecule has 1 aromatic carbocycles. The summed E-state index contributed by atoms with van der Waals surface area (Å²) in [6.45, 7) is 6.69. The highest BCUT2D eigenvalue weighted by atomic mass is 32.1. The monoisotopic (exact) mass is 355 g/mol. The first kappa shape index (κ1) is 17.4. The molecule has 1 N–H and O–H groups in total. The number of hydrogen-bond donors (Lipinski definition) is 1. The van der Waals surface area contributed by atoms with E-state index in [-0.39, 0.29) is 5.91 Å². The average molecular weight is 355 g/mol. The second-order valence-corrected chi connectivity index (χ2v) is 7.26. The standard InChI is InChI=1S/C19H21N3O2S/c1-4-17(23)20-11-15-9-10-16(25-15)18-21-19(24-22-18)14-7-5-13(6-8-14)12(2)3/h5-10,12H,4,11H2,1-3H3,(H,20,23). The molecule has 3 aromatic rings. The summed E-state index contributed by atoms with van der Waals surface area (Å²) in [5.74, 6) is 1.62. The van der Waals surface area contributed by atoms with Crippen molar-refractivity contribution in [3.05, 3.63) is 46.8 Å². The molecular formula is C19H21N3O2S. The van der Waals surface area contributed by atoms with Gasteiger partial charge in [-0.05, 0) is 35.7 Å². The van der Waals surface area contributed by atoms with Gasteiger partial charge in [0, 0.05) is 16.9 Å². The molecule has 2 heterocycles. The van der Waals surface area contributed by atoms with Gasteiger partial charge < -0.3 is 9.84 Å². The highest BCUT2D eigenvalue weighted by Crippen LogP contribution is 2.28. The molecular weight excluding hydrogens is 334 g/mol. The maximum Gasteiger partial charge on any atom is 0.258 e. The van der Waals surface area contributed by atoms with Crippen molar-refractivity contribution in [2.75, 3.05) is 0 Å². The summed E-state index contributed by atoms with van der Waals surface area (Å²) >= 11 is 1.55. The van der Waals surface area contributed by atoms with Crippen molar-refractivity contribution in [2.45, 2.75) is 39.7 Å². The van der Waals surface area contributed by atoms with E-state index >= 15 is 0 Å². The fourth-order valence-corrected chi connectivity index (χ4v) is 3.23. The van der Waals surface area contributed by atoms with Crippen LogP contribution in [-0.4, -0.2) is 16.0 Å². The molecule has 0 aliphatic rings. The number of carbonyl (C=O) groups is 1. The van der Waals surface area contributed by atoms with Crippen LogP contribution < -0.4 is 5.32 Å². The van der Waals surface area contributed by atoms with Gasteiger partial charge in [-0.1, -0.05) is 38.1 Å².